The lowest BCUT2D eigenvalue weighted by molar-refractivity contribution is 0.514. The van der Waals surface area contributed by atoms with Gasteiger partial charge in [-0.3, -0.25) is 0 Å². The number of furan rings is 2. The normalized spacial score (nSPS) is 15.3. The van der Waals surface area contributed by atoms with Crippen molar-refractivity contribution in [3.63, 3.8) is 0 Å². The second-order valence-corrected chi connectivity index (χ2v) is 9.42. The van der Waals surface area contributed by atoms with Gasteiger partial charge in [-0.05, 0) is 58.2 Å². The average molecular weight is 400 g/mol. The SMILES string of the molecule is c1ccc(-c2c(-c3ccoc3)cccc2-c2ccoc2)c(PC2CCCCC2)c1. The lowest BCUT2D eigenvalue weighted by Gasteiger charge is -2.24. The predicted molar refractivity (Wildman–Crippen MR) is 122 cm³/mol. The van der Waals surface area contributed by atoms with E-state index in [2.05, 4.69) is 42.5 Å². The fraction of sp³-hybridized carbons (Fsp3) is 0.231. The molecule has 0 amide bonds. The molecular formula is C26H25O2P. The average Bonchev–Trinajstić information content (AvgIpc) is 3.49. The van der Waals surface area contributed by atoms with Crippen LogP contribution in [0.5, 0.6) is 0 Å². The third kappa shape index (κ3) is 3.82. The molecule has 2 heterocycles. The molecule has 0 bridgehead atoms. The van der Waals surface area contributed by atoms with Crippen LogP contribution in [0.2, 0.25) is 0 Å². The molecule has 0 N–H and O–H groups in total. The van der Waals surface area contributed by atoms with E-state index < -0.39 is 0 Å². The van der Waals surface area contributed by atoms with E-state index in [1.54, 1.807) is 12.5 Å². The zero-order valence-corrected chi connectivity index (χ0v) is 17.4. The van der Waals surface area contributed by atoms with Gasteiger partial charge in [0, 0.05) is 11.1 Å². The van der Waals surface area contributed by atoms with Crippen molar-refractivity contribution in [1.29, 1.82) is 0 Å². The molecule has 2 aromatic carbocycles. The maximum Gasteiger partial charge on any atom is 0.0981 e. The van der Waals surface area contributed by atoms with E-state index in [0.29, 0.717) is 0 Å². The largest absolute Gasteiger partial charge is 0.472 e. The minimum Gasteiger partial charge on any atom is -0.472 e. The maximum absolute atomic E-state index is 5.43. The predicted octanol–water partition coefficient (Wildman–Crippen LogP) is 7.51. The van der Waals surface area contributed by atoms with Gasteiger partial charge < -0.3 is 8.83 Å². The Bertz CT molecular complexity index is 1010. The molecule has 1 unspecified atom stereocenters. The van der Waals surface area contributed by atoms with Crippen molar-refractivity contribution in [3.8, 4) is 33.4 Å². The standard InChI is InChI=1S/C26H25O2P/c1-2-7-21(8-3-1)29-25-12-5-4-9-24(25)26-22(19-13-15-27-17-19)10-6-11-23(26)20-14-16-28-18-20/h4-6,9-18,21,29H,1-3,7-8H2. The molecule has 1 atom stereocenters. The van der Waals surface area contributed by atoms with Crippen molar-refractivity contribution in [2.24, 2.45) is 0 Å². The summed E-state index contributed by atoms with van der Waals surface area (Å²) in [4.78, 5) is 0. The Morgan fingerprint density at radius 1 is 0.655 bits per heavy atom. The van der Waals surface area contributed by atoms with E-state index in [-0.39, 0.29) is 0 Å². The number of rotatable bonds is 5. The van der Waals surface area contributed by atoms with E-state index in [0.717, 1.165) is 25.4 Å². The van der Waals surface area contributed by atoms with Crippen LogP contribution in [-0.4, -0.2) is 5.66 Å². The summed E-state index contributed by atoms with van der Waals surface area (Å²) >= 11 is 0. The Morgan fingerprint density at radius 2 is 1.28 bits per heavy atom. The molecule has 146 valence electrons. The summed E-state index contributed by atoms with van der Waals surface area (Å²) < 4.78 is 10.9. The highest BCUT2D eigenvalue weighted by molar-refractivity contribution is 7.48. The highest BCUT2D eigenvalue weighted by Crippen LogP contribution is 2.42. The Morgan fingerprint density at radius 3 is 1.90 bits per heavy atom. The van der Waals surface area contributed by atoms with Crippen LogP contribution >= 0.6 is 8.58 Å². The van der Waals surface area contributed by atoms with Gasteiger partial charge in [-0.2, -0.15) is 0 Å². The van der Waals surface area contributed by atoms with Crippen LogP contribution in [0, 0.1) is 0 Å². The van der Waals surface area contributed by atoms with E-state index in [9.17, 15) is 0 Å². The number of benzene rings is 2. The first kappa shape index (κ1) is 18.5. The molecule has 1 aliphatic carbocycles. The van der Waals surface area contributed by atoms with Gasteiger partial charge in [-0.25, -0.2) is 0 Å². The first-order valence-corrected chi connectivity index (χ1v) is 11.5. The molecule has 0 radical (unpaired) electrons. The maximum atomic E-state index is 5.43. The van der Waals surface area contributed by atoms with E-state index in [1.165, 1.54) is 59.7 Å². The molecule has 1 aliphatic rings. The molecule has 2 aromatic heterocycles. The quantitative estimate of drug-likeness (QED) is 0.324. The minimum absolute atomic E-state index is 0.823. The highest BCUT2D eigenvalue weighted by atomic mass is 31.1. The molecular weight excluding hydrogens is 375 g/mol. The molecule has 1 fully saturated rings. The summed E-state index contributed by atoms with van der Waals surface area (Å²) in [6.07, 6.45) is 14.1. The van der Waals surface area contributed by atoms with E-state index in [4.69, 9.17) is 8.83 Å². The molecule has 3 heteroatoms. The second kappa shape index (κ2) is 8.43. The smallest absolute Gasteiger partial charge is 0.0981 e. The van der Waals surface area contributed by atoms with Gasteiger partial charge in [-0.15, -0.1) is 0 Å². The highest BCUT2D eigenvalue weighted by Gasteiger charge is 2.20. The zero-order valence-electron chi connectivity index (χ0n) is 16.4. The van der Waals surface area contributed by atoms with Crippen molar-refractivity contribution in [2.75, 3.05) is 0 Å². The van der Waals surface area contributed by atoms with Crippen molar-refractivity contribution in [3.05, 3.63) is 79.6 Å². The van der Waals surface area contributed by atoms with Gasteiger partial charge >= 0.3 is 0 Å². The molecule has 29 heavy (non-hydrogen) atoms. The number of hydrogen-bond acceptors (Lipinski definition) is 2. The summed E-state index contributed by atoms with van der Waals surface area (Å²) in [7, 11) is 0.854. The third-order valence-corrected chi connectivity index (χ3v) is 7.62. The van der Waals surface area contributed by atoms with Crippen molar-refractivity contribution < 1.29 is 8.83 Å². The molecule has 4 aromatic rings. The molecule has 5 rings (SSSR count). The van der Waals surface area contributed by atoms with Crippen LogP contribution < -0.4 is 5.30 Å². The molecule has 2 nitrogen and oxygen atoms in total. The number of hydrogen-bond donors (Lipinski definition) is 0. The summed E-state index contributed by atoms with van der Waals surface area (Å²) in [5.41, 5.74) is 8.07. The van der Waals surface area contributed by atoms with Gasteiger partial charge in [0.05, 0.1) is 25.1 Å². The van der Waals surface area contributed by atoms with Gasteiger partial charge in [0.25, 0.3) is 0 Å². The lowest BCUT2D eigenvalue weighted by Crippen LogP contribution is -2.12. The van der Waals surface area contributed by atoms with Crippen LogP contribution in [0.15, 0.2) is 88.5 Å². The molecule has 1 saturated carbocycles. The Labute approximate surface area is 173 Å². The second-order valence-electron chi connectivity index (χ2n) is 7.78. The molecule has 0 aliphatic heterocycles. The van der Waals surface area contributed by atoms with Crippen molar-refractivity contribution in [2.45, 2.75) is 37.8 Å². The van der Waals surface area contributed by atoms with Gasteiger partial charge in [-0.1, -0.05) is 70.3 Å². The monoisotopic (exact) mass is 400 g/mol. The lowest BCUT2D eigenvalue weighted by atomic mass is 9.89. The van der Waals surface area contributed by atoms with E-state index >= 15 is 0 Å². The van der Waals surface area contributed by atoms with Crippen LogP contribution in [0.4, 0.5) is 0 Å². The molecule has 0 saturated heterocycles. The summed E-state index contributed by atoms with van der Waals surface area (Å²) in [6, 6.07) is 19.6. The topological polar surface area (TPSA) is 26.3 Å². The summed E-state index contributed by atoms with van der Waals surface area (Å²) in [5.74, 6) is 0. The van der Waals surface area contributed by atoms with Gasteiger partial charge in [0.2, 0.25) is 0 Å². The summed E-state index contributed by atoms with van der Waals surface area (Å²) in [5, 5.41) is 1.47. The van der Waals surface area contributed by atoms with Crippen LogP contribution in [0.1, 0.15) is 32.1 Å². The van der Waals surface area contributed by atoms with Gasteiger partial charge in [0.1, 0.15) is 0 Å². The van der Waals surface area contributed by atoms with Gasteiger partial charge in [0.15, 0.2) is 0 Å². The Kier molecular flexibility index (Phi) is 5.37. The summed E-state index contributed by atoms with van der Waals surface area (Å²) in [6.45, 7) is 0. The third-order valence-electron chi connectivity index (χ3n) is 5.89. The van der Waals surface area contributed by atoms with Crippen molar-refractivity contribution >= 4 is 13.9 Å². The fourth-order valence-corrected chi connectivity index (χ4v) is 6.15. The van der Waals surface area contributed by atoms with Crippen molar-refractivity contribution in [1.82, 2.24) is 0 Å². The van der Waals surface area contributed by atoms with E-state index in [1.807, 2.05) is 24.7 Å². The Hall–Kier alpha value is -2.57. The Balaban J connectivity index is 1.67. The van der Waals surface area contributed by atoms with Crippen LogP contribution in [0.25, 0.3) is 33.4 Å². The van der Waals surface area contributed by atoms with Crippen LogP contribution in [0.3, 0.4) is 0 Å². The molecule has 0 spiro atoms. The first-order chi connectivity index (χ1) is 14.4. The van der Waals surface area contributed by atoms with Crippen LogP contribution in [-0.2, 0) is 0 Å². The zero-order chi connectivity index (χ0) is 19.5. The minimum atomic E-state index is 0.823. The first-order valence-electron chi connectivity index (χ1n) is 10.4. The fourth-order valence-electron chi connectivity index (χ4n) is 4.45.